The van der Waals surface area contributed by atoms with E-state index < -0.39 is 11.2 Å². The van der Waals surface area contributed by atoms with Crippen LogP contribution in [-0.2, 0) is 12.0 Å². The van der Waals surface area contributed by atoms with Crippen LogP contribution < -0.4 is 4.74 Å². The molecule has 4 heteroatoms. The van der Waals surface area contributed by atoms with Gasteiger partial charge in [-0.05, 0) is 69.9 Å². The Kier molecular flexibility index (Phi) is 5.39. The minimum atomic E-state index is -1.29. The van der Waals surface area contributed by atoms with Crippen LogP contribution in [0.15, 0.2) is 48.5 Å². The zero-order valence-electron chi connectivity index (χ0n) is 18.8. The highest BCUT2D eigenvalue weighted by molar-refractivity contribution is 5.85. The zero-order chi connectivity index (χ0) is 21.5. The highest BCUT2D eigenvalue weighted by Gasteiger charge is 2.46. The fraction of sp³-hybridized carbons (Fsp3) is 0.462. The van der Waals surface area contributed by atoms with Gasteiger partial charge in [-0.1, -0.05) is 37.3 Å². The molecule has 160 valence electrons. The molecule has 0 amide bonds. The van der Waals surface area contributed by atoms with Crippen LogP contribution in [0.3, 0.4) is 0 Å². The first-order valence-electron chi connectivity index (χ1n) is 11.0. The molecule has 4 rings (SSSR count). The van der Waals surface area contributed by atoms with Gasteiger partial charge < -0.3 is 9.72 Å². The van der Waals surface area contributed by atoms with E-state index in [0.29, 0.717) is 13.2 Å². The van der Waals surface area contributed by atoms with Crippen LogP contribution in [0.5, 0.6) is 5.75 Å². The Hall–Kier alpha value is -2.33. The number of nitrogens with one attached hydrogen (secondary N) is 1. The quantitative estimate of drug-likeness (QED) is 0.525. The smallest absolute Gasteiger partial charge is 0.119 e. The highest BCUT2D eigenvalue weighted by atomic mass is 19.1. The summed E-state index contributed by atoms with van der Waals surface area (Å²) in [6.07, 6.45) is 1.89. The molecule has 0 unspecified atom stereocenters. The molecular weight excluding hydrogens is 375 g/mol. The average Bonchev–Trinajstić information content (AvgIpc) is 3.08. The van der Waals surface area contributed by atoms with Crippen LogP contribution in [-0.4, -0.2) is 34.7 Å². The van der Waals surface area contributed by atoms with Crippen molar-refractivity contribution >= 4 is 10.9 Å². The van der Waals surface area contributed by atoms with Gasteiger partial charge in [0, 0.05) is 29.2 Å². The van der Waals surface area contributed by atoms with Gasteiger partial charge in [0.15, 0.2) is 0 Å². The van der Waals surface area contributed by atoms with Crippen molar-refractivity contribution in [2.45, 2.75) is 64.7 Å². The molecule has 2 atom stereocenters. The van der Waals surface area contributed by atoms with Gasteiger partial charge in [0.2, 0.25) is 0 Å². The number of para-hydroxylation sites is 1. The van der Waals surface area contributed by atoms with E-state index in [1.807, 2.05) is 12.1 Å². The van der Waals surface area contributed by atoms with Crippen molar-refractivity contribution in [2.24, 2.45) is 0 Å². The van der Waals surface area contributed by atoms with Crippen molar-refractivity contribution in [2.75, 3.05) is 13.2 Å². The minimum absolute atomic E-state index is 0.216. The predicted octanol–water partition coefficient (Wildman–Crippen LogP) is 6.21. The van der Waals surface area contributed by atoms with Gasteiger partial charge in [-0.15, -0.1) is 0 Å². The number of H-pyrrole nitrogens is 1. The average molecular weight is 409 g/mol. The monoisotopic (exact) mass is 408 g/mol. The largest absolute Gasteiger partial charge is 0.494 e. The second-order valence-electron chi connectivity index (χ2n) is 9.37. The fourth-order valence-electron chi connectivity index (χ4n) is 4.94. The molecule has 3 aromatic rings. The van der Waals surface area contributed by atoms with E-state index in [1.165, 1.54) is 16.6 Å². The maximum Gasteiger partial charge on any atom is 0.119 e. The van der Waals surface area contributed by atoms with E-state index in [-0.39, 0.29) is 6.04 Å². The normalized spacial score (nSPS) is 22.3. The molecule has 3 nitrogen and oxygen atoms in total. The molecule has 0 aliphatic carbocycles. The van der Waals surface area contributed by atoms with Crippen LogP contribution in [0, 0.1) is 0 Å². The van der Waals surface area contributed by atoms with Crippen LogP contribution in [0.1, 0.15) is 57.9 Å². The lowest BCUT2D eigenvalue weighted by molar-refractivity contribution is 0.0192. The number of hydrogen-bond donors (Lipinski definition) is 1. The third kappa shape index (κ3) is 3.62. The summed E-state index contributed by atoms with van der Waals surface area (Å²) in [5.74, 6) is 0.877. The number of aromatic amines is 1. The van der Waals surface area contributed by atoms with E-state index >= 15 is 0 Å². The lowest BCUT2D eigenvalue weighted by atomic mass is 9.77. The predicted molar refractivity (Wildman–Crippen MR) is 122 cm³/mol. The molecule has 1 aliphatic heterocycles. The Balaban J connectivity index is 1.87. The SMILES string of the molecule is CCCOc1ccc([C@]2(C)c3[nH]c4ccccc4c3C[C@@H](C)N2CC(C)(C)F)cc1. The van der Waals surface area contributed by atoms with Crippen LogP contribution in [0.2, 0.25) is 0 Å². The standard InChI is InChI=1S/C26H33FN2O/c1-6-15-30-20-13-11-19(12-14-20)26(5)24-22(21-9-7-8-10-23(21)28-24)16-18(2)29(26)17-25(3,4)27/h7-14,18,28H,6,15-17H2,1-5H3/t18-,26-/m1/s1. The number of ether oxygens (including phenoxy) is 1. The van der Waals surface area contributed by atoms with Crippen LogP contribution in [0.25, 0.3) is 10.9 Å². The molecule has 30 heavy (non-hydrogen) atoms. The van der Waals surface area contributed by atoms with E-state index in [4.69, 9.17) is 4.74 Å². The van der Waals surface area contributed by atoms with Crippen molar-refractivity contribution < 1.29 is 9.13 Å². The summed E-state index contributed by atoms with van der Waals surface area (Å²) in [7, 11) is 0. The van der Waals surface area contributed by atoms with Crippen molar-refractivity contribution in [1.82, 2.24) is 9.88 Å². The molecular formula is C26H33FN2O. The van der Waals surface area contributed by atoms with Crippen molar-refractivity contribution in [1.29, 1.82) is 0 Å². The van der Waals surface area contributed by atoms with Crippen LogP contribution in [0.4, 0.5) is 4.39 Å². The van der Waals surface area contributed by atoms with Gasteiger partial charge in [0.05, 0.1) is 12.1 Å². The Bertz CT molecular complexity index is 1020. The topological polar surface area (TPSA) is 28.3 Å². The van der Waals surface area contributed by atoms with Gasteiger partial charge in [0.1, 0.15) is 11.4 Å². The third-order valence-electron chi connectivity index (χ3n) is 6.34. The maximum absolute atomic E-state index is 14.9. The lowest BCUT2D eigenvalue weighted by Gasteiger charge is -2.50. The molecule has 0 radical (unpaired) electrons. The highest BCUT2D eigenvalue weighted by Crippen LogP contribution is 2.46. The lowest BCUT2D eigenvalue weighted by Crippen LogP contribution is -2.57. The van der Waals surface area contributed by atoms with E-state index in [9.17, 15) is 4.39 Å². The molecule has 0 spiro atoms. The number of rotatable bonds is 6. The first kappa shape index (κ1) is 20.9. The summed E-state index contributed by atoms with van der Waals surface area (Å²) in [6.45, 7) is 11.0. The van der Waals surface area contributed by atoms with Gasteiger partial charge in [-0.2, -0.15) is 0 Å². The Labute approximate surface area is 179 Å². The number of fused-ring (bicyclic) bond motifs is 3. The number of alkyl halides is 1. The third-order valence-corrected chi connectivity index (χ3v) is 6.34. The zero-order valence-corrected chi connectivity index (χ0v) is 18.8. The number of halogens is 1. The number of hydrogen-bond acceptors (Lipinski definition) is 2. The summed E-state index contributed by atoms with van der Waals surface area (Å²) in [5, 5.41) is 1.27. The summed E-state index contributed by atoms with van der Waals surface area (Å²) in [6, 6.07) is 17.0. The van der Waals surface area contributed by atoms with Gasteiger partial charge >= 0.3 is 0 Å². The molecule has 2 aromatic carbocycles. The first-order chi connectivity index (χ1) is 14.2. The Morgan fingerprint density at radius 1 is 1.17 bits per heavy atom. The van der Waals surface area contributed by atoms with Gasteiger partial charge in [-0.3, -0.25) is 4.90 Å². The summed E-state index contributed by atoms with van der Waals surface area (Å²) in [5.41, 5.74) is 3.07. The molecule has 2 heterocycles. The van der Waals surface area contributed by atoms with E-state index in [0.717, 1.165) is 29.7 Å². The van der Waals surface area contributed by atoms with Crippen LogP contribution >= 0.6 is 0 Å². The second-order valence-corrected chi connectivity index (χ2v) is 9.37. The molecule has 1 aliphatic rings. The molecule has 0 saturated carbocycles. The maximum atomic E-state index is 14.9. The number of aromatic nitrogens is 1. The fourth-order valence-corrected chi connectivity index (χ4v) is 4.94. The Morgan fingerprint density at radius 3 is 2.53 bits per heavy atom. The van der Waals surface area contributed by atoms with Gasteiger partial charge in [0.25, 0.3) is 0 Å². The second kappa shape index (κ2) is 7.73. The van der Waals surface area contributed by atoms with Gasteiger partial charge in [-0.25, -0.2) is 4.39 Å². The first-order valence-corrected chi connectivity index (χ1v) is 11.0. The van der Waals surface area contributed by atoms with E-state index in [2.05, 4.69) is 67.1 Å². The molecule has 0 bridgehead atoms. The molecule has 1 N–H and O–H groups in total. The number of benzene rings is 2. The minimum Gasteiger partial charge on any atom is -0.494 e. The molecule has 1 aromatic heterocycles. The Morgan fingerprint density at radius 2 is 1.87 bits per heavy atom. The molecule has 0 saturated heterocycles. The van der Waals surface area contributed by atoms with Crippen molar-refractivity contribution in [3.8, 4) is 5.75 Å². The van der Waals surface area contributed by atoms with Crippen molar-refractivity contribution in [3.05, 3.63) is 65.4 Å². The summed E-state index contributed by atoms with van der Waals surface area (Å²) >= 11 is 0. The van der Waals surface area contributed by atoms with E-state index in [1.54, 1.807) is 13.8 Å². The van der Waals surface area contributed by atoms with Crippen molar-refractivity contribution in [3.63, 3.8) is 0 Å². The summed E-state index contributed by atoms with van der Waals surface area (Å²) in [4.78, 5) is 6.02. The molecule has 0 fully saturated rings. The number of nitrogens with zero attached hydrogens (tertiary/aromatic N) is 1. The summed E-state index contributed by atoms with van der Waals surface area (Å²) < 4.78 is 20.7.